The molecule has 41 heavy (non-hydrogen) atoms. The Labute approximate surface area is 237 Å². The topological polar surface area (TPSA) is 83.4 Å². The molecule has 1 aliphatic heterocycles. The summed E-state index contributed by atoms with van der Waals surface area (Å²) in [6, 6.07) is 29.3. The summed E-state index contributed by atoms with van der Waals surface area (Å²) >= 11 is 0. The maximum atomic E-state index is 13.7. The molecule has 0 saturated carbocycles. The van der Waals surface area contributed by atoms with Gasteiger partial charge in [-0.25, -0.2) is 14.4 Å². The third kappa shape index (κ3) is 5.84. The average Bonchev–Trinajstić information content (AvgIpc) is 2.95. The number of benzene rings is 4. The van der Waals surface area contributed by atoms with Crippen LogP contribution >= 0.6 is 0 Å². The zero-order valence-corrected chi connectivity index (χ0v) is 22.3. The normalized spacial score (nSPS) is 13.2. The highest BCUT2D eigenvalue weighted by Gasteiger charge is 2.32. The summed E-state index contributed by atoms with van der Waals surface area (Å²) in [5.41, 5.74) is 6.95. The molecule has 0 aliphatic carbocycles. The Hall–Kier alpha value is -4.91. The summed E-state index contributed by atoms with van der Waals surface area (Å²) in [6.07, 6.45) is 1.12. The summed E-state index contributed by atoms with van der Waals surface area (Å²) < 4.78 is 13.7. The predicted octanol–water partition coefficient (Wildman–Crippen LogP) is 6.09. The van der Waals surface area contributed by atoms with Crippen LogP contribution in [0.25, 0.3) is 22.3 Å². The molecule has 5 aromatic rings. The molecule has 0 spiro atoms. The number of hydrogen-bond donors (Lipinski definition) is 1. The van der Waals surface area contributed by atoms with E-state index in [1.54, 1.807) is 30.3 Å². The molecule has 6 nitrogen and oxygen atoms in total. The molecule has 1 fully saturated rings. The molecule has 0 bridgehead atoms. The Balaban J connectivity index is 1.28. The minimum absolute atomic E-state index is 0.0275. The maximum absolute atomic E-state index is 13.7. The Morgan fingerprint density at radius 2 is 1.56 bits per heavy atom. The number of carboxylic acids is 1. The van der Waals surface area contributed by atoms with Crippen molar-refractivity contribution in [3.63, 3.8) is 0 Å². The number of carbonyl (C=O) groups excluding carboxylic acids is 1. The van der Waals surface area contributed by atoms with E-state index in [0.717, 1.165) is 22.4 Å². The second-order valence-corrected chi connectivity index (χ2v) is 10.4. The van der Waals surface area contributed by atoms with Gasteiger partial charge in [-0.3, -0.25) is 9.59 Å². The van der Waals surface area contributed by atoms with Gasteiger partial charge in [0.15, 0.2) is 0 Å². The maximum Gasteiger partial charge on any atom is 0.307 e. The van der Waals surface area contributed by atoms with Crippen LogP contribution in [0.5, 0.6) is 0 Å². The van der Waals surface area contributed by atoms with Crippen molar-refractivity contribution in [1.29, 1.82) is 0 Å². The highest BCUT2D eigenvalue weighted by Crippen LogP contribution is 2.30. The molecule has 4 aromatic carbocycles. The standard InChI is InChI=1S/C34H28FN3O3/c35-28-13-10-25(11-14-28)33-30(15-9-22-5-4-6-23(17-22)18-32(39)40)36-31-19-26(12-16-29(31)37-33)34(41)38-20-27(21-38)24-7-2-1-3-8-24/h1-8,10-14,16-17,19,27H,9,15,18,20-21H2,(H,39,40). The van der Waals surface area contributed by atoms with Gasteiger partial charge >= 0.3 is 5.97 Å². The largest absolute Gasteiger partial charge is 0.481 e. The molecular formula is C34H28FN3O3. The molecule has 1 aliphatic rings. The number of likely N-dealkylation sites (tertiary alicyclic amines) is 1. The summed E-state index contributed by atoms with van der Waals surface area (Å²) in [7, 11) is 0. The van der Waals surface area contributed by atoms with Gasteiger partial charge in [-0.15, -0.1) is 0 Å². The van der Waals surface area contributed by atoms with Crippen LogP contribution in [0.1, 0.15) is 38.7 Å². The van der Waals surface area contributed by atoms with E-state index in [2.05, 4.69) is 12.1 Å². The van der Waals surface area contributed by atoms with E-state index in [1.165, 1.54) is 17.7 Å². The first kappa shape index (κ1) is 26.3. The van der Waals surface area contributed by atoms with Crippen LogP contribution in [0, 0.1) is 5.82 Å². The first-order chi connectivity index (χ1) is 19.9. The van der Waals surface area contributed by atoms with Crippen molar-refractivity contribution in [2.75, 3.05) is 13.1 Å². The summed E-state index contributed by atoms with van der Waals surface area (Å²) in [5.74, 6) is -0.886. The molecule has 1 amide bonds. The smallest absolute Gasteiger partial charge is 0.307 e. The van der Waals surface area contributed by atoms with Crippen LogP contribution in [0.3, 0.4) is 0 Å². The van der Waals surface area contributed by atoms with Crippen LogP contribution in [0.2, 0.25) is 0 Å². The minimum atomic E-state index is -0.875. The van der Waals surface area contributed by atoms with Gasteiger partial charge in [-0.2, -0.15) is 0 Å². The van der Waals surface area contributed by atoms with Crippen molar-refractivity contribution in [2.24, 2.45) is 0 Å². The Morgan fingerprint density at radius 1 is 0.805 bits per heavy atom. The molecule has 204 valence electrons. The van der Waals surface area contributed by atoms with Gasteiger partial charge in [-0.1, -0.05) is 54.6 Å². The predicted molar refractivity (Wildman–Crippen MR) is 155 cm³/mol. The number of carboxylic acid groups (broad SMARTS) is 1. The van der Waals surface area contributed by atoms with Crippen LogP contribution in [0.4, 0.5) is 4.39 Å². The van der Waals surface area contributed by atoms with Crippen LogP contribution < -0.4 is 0 Å². The lowest BCUT2D eigenvalue weighted by atomic mass is 9.91. The number of amides is 1. The summed E-state index contributed by atoms with van der Waals surface area (Å²) in [6.45, 7) is 1.37. The lowest BCUT2D eigenvalue weighted by molar-refractivity contribution is -0.136. The molecule has 0 unspecified atom stereocenters. The number of nitrogens with zero attached hydrogens (tertiary/aromatic N) is 3. The Morgan fingerprint density at radius 3 is 2.32 bits per heavy atom. The number of rotatable bonds is 8. The van der Waals surface area contributed by atoms with Gasteiger partial charge in [0.1, 0.15) is 5.82 Å². The minimum Gasteiger partial charge on any atom is -0.481 e. The van der Waals surface area contributed by atoms with E-state index in [4.69, 9.17) is 15.1 Å². The Bertz CT molecular complexity index is 1730. The van der Waals surface area contributed by atoms with Gasteiger partial charge < -0.3 is 10.0 Å². The van der Waals surface area contributed by atoms with Crippen molar-refractivity contribution >= 4 is 22.9 Å². The Kier molecular flexibility index (Phi) is 7.25. The molecule has 2 heterocycles. The van der Waals surface area contributed by atoms with E-state index in [9.17, 15) is 14.0 Å². The van der Waals surface area contributed by atoms with Crippen molar-refractivity contribution in [3.05, 3.63) is 131 Å². The third-order valence-electron chi connectivity index (χ3n) is 7.54. The molecule has 7 heteroatoms. The first-order valence-corrected chi connectivity index (χ1v) is 13.6. The van der Waals surface area contributed by atoms with E-state index in [1.807, 2.05) is 47.4 Å². The van der Waals surface area contributed by atoms with Crippen molar-refractivity contribution in [1.82, 2.24) is 14.9 Å². The van der Waals surface area contributed by atoms with Gasteiger partial charge in [0.25, 0.3) is 5.91 Å². The van der Waals surface area contributed by atoms with E-state index in [0.29, 0.717) is 54.1 Å². The number of fused-ring (bicyclic) bond motifs is 1. The fraction of sp³-hybridized carbons (Fsp3) is 0.176. The quantitative estimate of drug-likeness (QED) is 0.255. The number of aryl methyl sites for hydroxylation is 2. The van der Waals surface area contributed by atoms with Crippen LogP contribution in [0.15, 0.2) is 97.1 Å². The fourth-order valence-corrected chi connectivity index (χ4v) is 5.33. The fourth-order valence-electron chi connectivity index (χ4n) is 5.33. The molecular weight excluding hydrogens is 517 g/mol. The highest BCUT2D eigenvalue weighted by atomic mass is 19.1. The van der Waals surface area contributed by atoms with Crippen molar-refractivity contribution < 1.29 is 19.1 Å². The van der Waals surface area contributed by atoms with Crippen LogP contribution in [-0.4, -0.2) is 44.9 Å². The lowest BCUT2D eigenvalue weighted by Gasteiger charge is -2.39. The number of aliphatic carboxylic acids is 1. The molecule has 1 saturated heterocycles. The number of aromatic nitrogens is 2. The summed E-state index contributed by atoms with van der Waals surface area (Å²) in [5, 5.41) is 9.16. The van der Waals surface area contributed by atoms with Gasteiger partial charge in [-0.05, 0) is 72.0 Å². The van der Waals surface area contributed by atoms with E-state index >= 15 is 0 Å². The summed E-state index contributed by atoms with van der Waals surface area (Å²) in [4.78, 5) is 36.1. The SMILES string of the molecule is O=C(O)Cc1cccc(CCc2nc3cc(C(=O)N4CC(c5ccccc5)C4)ccc3nc2-c2ccc(F)cc2)c1. The number of halogens is 1. The molecule has 0 radical (unpaired) electrons. The average molecular weight is 546 g/mol. The molecule has 1 N–H and O–H groups in total. The monoisotopic (exact) mass is 545 g/mol. The van der Waals surface area contributed by atoms with Crippen molar-refractivity contribution in [3.8, 4) is 11.3 Å². The van der Waals surface area contributed by atoms with Gasteiger partial charge in [0.2, 0.25) is 0 Å². The zero-order chi connectivity index (χ0) is 28.3. The highest BCUT2D eigenvalue weighted by molar-refractivity contribution is 5.98. The van der Waals surface area contributed by atoms with Gasteiger partial charge in [0, 0.05) is 30.1 Å². The third-order valence-corrected chi connectivity index (χ3v) is 7.54. The van der Waals surface area contributed by atoms with E-state index < -0.39 is 5.97 Å². The van der Waals surface area contributed by atoms with Gasteiger partial charge in [0.05, 0.1) is 28.8 Å². The second-order valence-electron chi connectivity index (χ2n) is 10.4. The molecule has 0 atom stereocenters. The molecule has 6 rings (SSSR count). The van der Waals surface area contributed by atoms with E-state index in [-0.39, 0.29) is 18.1 Å². The zero-order valence-electron chi connectivity index (χ0n) is 22.3. The van der Waals surface area contributed by atoms with Crippen LogP contribution in [-0.2, 0) is 24.1 Å². The lowest BCUT2D eigenvalue weighted by Crippen LogP contribution is -2.48. The second kappa shape index (κ2) is 11.3. The molecule has 1 aromatic heterocycles. The number of hydrogen-bond acceptors (Lipinski definition) is 4. The first-order valence-electron chi connectivity index (χ1n) is 13.6. The number of carbonyl (C=O) groups is 2. The van der Waals surface area contributed by atoms with Crippen molar-refractivity contribution in [2.45, 2.75) is 25.2 Å².